The van der Waals surface area contributed by atoms with Gasteiger partial charge in [0, 0.05) is 49.8 Å². The molecule has 1 heterocycles. The van der Waals surface area contributed by atoms with E-state index in [4.69, 9.17) is 73.0 Å². The van der Waals surface area contributed by atoms with Gasteiger partial charge in [0.05, 0.1) is 184 Å². The average Bonchev–Trinajstić information content (AvgIpc) is 4.07. The van der Waals surface area contributed by atoms with Gasteiger partial charge in [0.25, 0.3) is 5.91 Å². The largest absolute Gasteiger partial charge is 0.494 e. The predicted octanol–water partition coefficient (Wildman–Crippen LogP) is -1.38. The van der Waals surface area contributed by atoms with E-state index in [1.54, 1.807) is 36.4 Å². The zero-order chi connectivity index (χ0) is 63.5. The van der Waals surface area contributed by atoms with Crippen molar-refractivity contribution in [1.29, 1.82) is 0 Å². The molecule has 0 spiro atoms. The minimum absolute atomic E-state index is 0.0967. The number of carboxylic acids is 1. The van der Waals surface area contributed by atoms with E-state index < -0.39 is 48.9 Å². The van der Waals surface area contributed by atoms with Crippen LogP contribution >= 0.6 is 0 Å². The lowest BCUT2D eigenvalue weighted by molar-refractivity contribution is -0.139. The molecule has 1 aliphatic heterocycles. The van der Waals surface area contributed by atoms with Gasteiger partial charge in [-0.15, -0.1) is 0 Å². The fourth-order valence-corrected chi connectivity index (χ4v) is 7.20. The van der Waals surface area contributed by atoms with E-state index in [0.29, 0.717) is 195 Å². The highest BCUT2D eigenvalue weighted by atomic mass is 16.6. The van der Waals surface area contributed by atoms with Crippen molar-refractivity contribution in [3.63, 3.8) is 0 Å². The number of rotatable bonds is 56. The molecule has 494 valence electrons. The predicted molar refractivity (Wildman–Crippen MR) is 316 cm³/mol. The van der Waals surface area contributed by atoms with Crippen LogP contribution in [0.1, 0.15) is 36.0 Å². The molecule has 0 fully saturated rings. The third kappa shape index (κ3) is 39.7. The van der Waals surface area contributed by atoms with Gasteiger partial charge < -0.3 is 115 Å². The average molecular weight is 1250 g/mol. The second-order valence-electron chi connectivity index (χ2n) is 18.6. The third-order valence-electron chi connectivity index (χ3n) is 11.6. The van der Waals surface area contributed by atoms with Crippen LogP contribution in [0, 0.1) is 0 Å². The van der Waals surface area contributed by atoms with Crippen LogP contribution in [0.3, 0.4) is 0 Å². The topological polar surface area (TPSA) is 408 Å². The molecule has 2 aromatic rings. The number of benzene rings is 2. The van der Waals surface area contributed by atoms with Crippen LogP contribution in [0.15, 0.2) is 65.7 Å². The second kappa shape index (κ2) is 49.9. The SMILES string of the molecule is NC(N)=Nc1cccc(C(=O)NCC(=O)N[C@@H](CC(=O)O)C(=O)Nc2ccc(OCCCNC(=O)CCOCCOCCOCCOCCOCCOCCOCCOCCOCCOCCOCCOCCNC(=O)CCN3C(=O)C=CC3O)cc2)c1. The first-order valence-electron chi connectivity index (χ1n) is 29.0. The molecule has 1 aliphatic rings. The maximum Gasteiger partial charge on any atom is 0.305 e. The smallest absolute Gasteiger partial charge is 0.305 e. The summed E-state index contributed by atoms with van der Waals surface area (Å²) in [5.41, 5.74) is 11.6. The number of guanidine groups is 1. The molecule has 6 amide bonds. The fourth-order valence-electron chi connectivity index (χ4n) is 7.20. The standard InChI is InChI=1S/C57H89N9O22/c58-57(59)64-46-4-1-3-44(41-46)55(74)62-43-51(69)65-48(42-54(72)73)56(75)63-45-5-7-47(8-6-45)88-16-2-13-60-50(68)12-17-76-19-21-78-23-25-80-27-29-82-31-33-84-35-37-86-39-40-87-38-36-85-34-32-83-30-28-81-26-24-79-22-20-77-18-14-61-49(67)11-15-66-52(70)9-10-53(66)71/h1,3-10,41,48,52,70H,2,11-40,42-43H2,(H,60,68)(H,61,67)(H,62,74)(H,63,75)(H,65,69)(H,72,73)(H4,58,59,64)/t48-,52?/m0/s1. The van der Waals surface area contributed by atoms with E-state index in [9.17, 15) is 43.8 Å². The third-order valence-corrected chi connectivity index (χ3v) is 11.6. The van der Waals surface area contributed by atoms with E-state index >= 15 is 0 Å². The van der Waals surface area contributed by atoms with Crippen molar-refractivity contribution >= 4 is 58.7 Å². The summed E-state index contributed by atoms with van der Waals surface area (Å²) < 4.78 is 71.5. The Labute approximate surface area is 511 Å². The van der Waals surface area contributed by atoms with Crippen LogP contribution in [0.25, 0.3) is 0 Å². The number of carbonyl (C=O) groups excluding carboxylic acids is 6. The molecule has 31 heteroatoms. The number of ether oxygens (including phenoxy) is 13. The molecular formula is C57H89N9O22. The van der Waals surface area contributed by atoms with Crippen LogP contribution in [-0.4, -0.2) is 266 Å². The van der Waals surface area contributed by atoms with Crippen LogP contribution in [0.4, 0.5) is 11.4 Å². The summed E-state index contributed by atoms with van der Waals surface area (Å²) >= 11 is 0. The van der Waals surface area contributed by atoms with Crippen molar-refractivity contribution in [3.8, 4) is 5.75 Å². The maximum atomic E-state index is 12.9. The fraction of sp³-hybridized carbons (Fsp3) is 0.614. The molecule has 11 N–H and O–H groups in total. The number of nitrogens with two attached hydrogens (primary N) is 2. The highest BCUT2D eigenvalue weighted by Crippen LogP contribution is 2.17. The number of nitrogens with zero attached hydrogens (tertiary/aromatic N) is 2. The Bertz CT molecular complexity index is 2330. The molecule has 31 nitrogen and oxygen atoms in total. The minimum atomic E-state index is -1.45. The monoisotopic (exact) mass is 1250 g/mol. The Balaban J connectivity index is 0.976. The lowest BCUT2D eigenvalue weighted by Gasteiger charge is -2.19. The Morgan fingerprint density at radius 3 is 1.49 bits per heavy atom. The number of aliphatic hydroxyl groups is 1. The van der Waals surface area contributed by atoms with Gasteiger partial charge in [-0.05, 0) is 55.0 Å². The van der Waals surface area contributed by atoms with Gasteiger partial charge in [-0.3, -0.25) is 33.6 Å². The van der Waals surface area contributed by atoms with Crippen molar-refractivity contribution < 1.29 is 105 Å². The Kier molecular flexibility index (Phi) is 42.7. The van der Waals surface area contributed by atoms with Crippen molar-refractivity contribution in [1.82, 2.24) is 26.2 Å². The number of nitrogens with one attached hydrogen (secondary N) is 5. The van der Waals surface area contributed by atoms with E-state index in [1.807, 2.05) is 0 Å². The number of anilines is 1. The number of aliphatic carboxylic acids is 1. The summed E-state index contributed by atoms with van der Waals surface area (Å²) in [6.45, 7) is 10.4. The van der Waals surface area contributed by atoms with Crippen LogP contribution < -0.4 is 42.8 Å². The molecular weight excluding hydrogens is 1160 g/mol. The highest BCUT2D eigenvalue weighted by molar-refractivity contribution is 6.01. The molecule has 0 radical (unpaired) electrons. The Morgan fingerprint density at radius 2 is 1.02 bits per heavy atom. The number of amides is 6. The van der Waals surface area contributed by atoms with Gasteiger partial charge in [0.15, 0.2) is 5.96 Å². The highest BCUT2D eigenvalue weighted by Gasteiger charge is 2.25. The van der Waals surface area contributed by atoms with Gasteiger partial charge in [-0.1, -0.05) is 6.07 Å². The summed E-state index contributed by atoms with van der Waals surface area (Å²) in [6.07, 6.45) is 1.78. The molecule has 0 aliphatic carbocycles. The molecule has 2 aromatic carbocycles. The number of aliphatic hydroxyl groups excluding tert-OH is 1. The number of hydrogen-bond donors (Lipinski definition) is 9. The van der Waals surface area contributed by atoms with Crippen LogP contribution in [0.5, 0.6) is 5.75 Å². The minimum Gasteiger partial charge on any atom is -0.494 e. The van der Waals surface area contributed by atoms with Crippen molar-refractivity contribution in [2.75, 3.05) is 197 Å². The molecule has 3 rings (SSSR count). The summed E-state index contributed by atoms with van der Waals surface area (Å²) in [5, 5.41) is 31.8. The molecule has 0 saturated carbocycles. The number of carbonyl (C=O) groups is 7. The quantitative estimate of drug-likeness (QED) is 0.0209. The van der Waals surface area contributed by atoms with Crippen molar-refractivity contribution in [2.24, 2.45) is 16.5 Å². The van der Waals surface area contributed by atoms with E-state index in [2.05, 4.69) is 31.6 Å². The van der Waals surface area contributed by atoms with Crippen LogP contribution in [-0.2, 0) is 85.6 Å². The van der Waals surface area contributed by atoms with Crippen LogP contribution in [0.2, 0.25) is 0 Å². The first-order valence-corrected chi connectivity index (χ1v) is 29.0. The number of hydrogen-bond acceptors (Lipinski definition) is 22. The number of carboxylic acid groups (broad SMARTS) is 1. The lowest BCUT2D eigenvalue weighted by Crippen LogP contribution is -2.48. The number of aliphatic imine (C=N–C) groups is 1. The van der Waals surface area contributed by atoms with Crippen molar-refractivity contribution in [3.05, 3.63) is 66.2 Å². The zero-order valence-corrected chi connectivity index (χ0v) is 49.9. The van der Waals surface area contributed by atoms with Gasteiger partial charge in [-0.25, -0.2) is 4.99 Å². The molecule has 88 heavy (non-hydrogen) atoms. The van der Waals surface area contributed by atoms with Gasteiger partial charge in [-0.2, -0.15) is 0 Å². The first kappa shape index (κ1) is 75.3. The molecule has 0 saturated heterocycles. The molecule has 2 atom stereocenters. The van der Waals surface area contributed by atoms with E-state index in [1.165, 1.54) is 29.2 Å². The van der Waals surface area contributed by atoms with Crippen molar-refractivity contribution in [2.45, 2.75) is 38.0 Å². The molecule has 1 unspecified atom stereocenters. The molecule has 0 bridgehead atoms. The zero-order valence-electron chi connectivity index (χ0n) is 49.9. The van der Waals surface area contributed by atoms with Gasteiger partial charge in [0.2, 0.25) is 29.5 Å². The van der Waals surface area contributed by atoms with Gasteiger partial charge in [0.1, 0.15) is 18.0 Å². The summed E-state index contributed by atoms with van der Waals surface area (Å²) in [4.78, 5) is 90.2. The maximum absolute atomic E-state index is 12.9. The van der Waals surface area contributed by atoms with E-state index in [0.717, 1.165) is 0 Å². The summed E-state index contributed by atoms with van der Waals surface area (Å²) in [7, 11) is 0. The molecule has 0 aromatic heterocycles. The summed E-state index contributed by atoms with van der Waals surface area (Å²) in [5.74, 6) is -3.95. The second-order valence-corrected chi connectivity index (χ2v) is 18.6. The van der Waals surface area contributed by atoms with E-state index in [-0.39, 0.29) is 55.2 Å². The Morgan fingerprint density at radius 1 is 0.557 bits per heavy atom. The Hall–Kier alpha value is -6.98. The first-order chi connectivity index (χ1) is 42.8. The summed E-state index contributed by atoms with van der Waals surface area (Å²) in [6, 6.07) is 10.8. The lowest BCUT2D eigenvalue weighted by atomic mass is 10.1. The van der Waals surface area contributed by atoms with Gasteiger partial charge >= 0.3 is 5.97 Å². The normalized spacial score (nSPS) is 13.0.